The van der Waals surface area contributed by atoms with Gasteiger partial charge in [-0.2, -0.15) is 0 Å². The zero-order valence-corrected chi connectivity index (χ0v) is 17.1. The maximum Gasteiger partial charge on any atom is 0.243 e. The molecule has 2 aromatic carbocycles. The Bertz CT molecular complexity index is 757. The molecule has 2 amide bonds. The fraction of sp³-hybridized carbons (Fsp3) is 0.391. The standard InChI is InChI=1S/C23H30N2O3/c1-5-21(23(27)24-17(2)3)25(16-19-9-7-6-8-10-19)22(26)15-18-11-13-20(28-4)14-12-18/h6-14,17,21H,5,15-16H2,1-4H3,(H,24,27)/t21-/m0/s1. The number of nitrogens with zero attached hydrogens (tertiary/aromatic N) is 1. The molecule has 0 saturated carbocycles. The molecule has 0 radical (unpaired) electrons. The topological polar surface area (TPSA) is 58.6 Å². The Labute approximate surface area is 167 Å². The smallest absolute Gasteiger partial charge is 0.243 e. The van der Waals surface area contributed by atoms with Crippen molar-refractivity contribution in [2.24, 2.45) is 0 Å². The van der Waals surface area contributed by atoms with Gasteiger partial charge >= 0.3 is 0 Å². The van der Waals surface area contributed by atoms with Gasteiger partial charge in [-0.25, -0.2) is 0 Å². The molecule has 1 atom stereocenters. The Kier molecular flexibility index (Phi) is 8.05. The van der Waals surface area contributed by atoms with Crippen molar-refractivity contribution in [2.45, 2.75) is 52.2 Å². The number of carbonyl (C=O) groups excluding carboxylic acids is 2. The van der Waals surface area contributed by atoms with E-state index in [0.29, 0.717) is 13.0 Å². The van der Waals surface area contributed by atoms with Crippen molar-refractivity contribution >= 4 is 11.8 Å². The molecule has 1 N–H and O–H groups in total. The zero-order valence-electron chi connectivity index (χ0n) is 17.1. The van der Waals surface area contributed by atoms with E-state index in [1.54, 1.807) is 12.0 Å². The van der Waals surface area contributed by atoms with Gasteiger partial charge in [-0.3, -0.25) is 9.59 Å². The molecular weight excluding hydrogens is 352 g/mol. The lowest BCUT2D eigenvalue weighted by Crippen LogP contribution is -2.50. The van der Waals surface area contributed by atoms with Crippen molar-refractivity contribution in [1.82, 2.24) is 10.2 Å². The van der Waals surface area contributed by atoms with Gasteiger partial charge < -0.3 is 15.0 Å². The maximum absolute atomic E-state index is 13.2. The summed E-state index contributed by atoms with van der Waals surface area (Å²) in [6.45, 7) is 6.18. The first kappa shape index (κ1) is 21.5. The van der Waals surface area contributed by atoms with Crippen LogP contribution in [0.3, 0.4) is 0 Å². The second kappa shape index (κ2) is 10.5. The summed E-state index contributed by atoms with van der Waals surface area (Å²) in [5.74, 6) is 0.566. The average Bonchev–Trinajstić information content (AvgIpc) is 2.68. The Balaban J connectivity index is 2.24. The molecule has 0 aromatic heterocycles. The summed E-state index contributed by atoms with van der Waals surface area (Å²) in [4.78, 5) is 27.6. The van der Waals surface area contributed by atoms with Crippen molar-refractivity contribution in [3.8, 4) is 5.75 Å². The molecule has 0 aliphatic rings. The number of rotatable bonds is 9. The number of benzene rings is 2. The summed E-state index contributed by atoms with van der Waals surface area (Å²) in [6, 6.07) is 16.7. The third-order valence-corrected chi connectivity index (χ3v) is 4.53. The number of methoxy groups -OCH3 is 1. The third kappa shape index (κ3) is 6.12. The molecule has 0 aliphatic heterocycles. The Morgan fingerprint density at radius 2 is 1.64 bits per heavy atom. The second-order valence-electron chi connectivity index (χ2n) is 7.12. The molecule has 150 valence electrons. The Morgan fingerprint density at radius 3 is 2.18 bits per heavy atom. The molecule has 0 bridgehead atoms. The first-order chi connectivity index (χ1) is 13.4. The highest BCUT2D eigenvalue weighted by Gasteiger charge is 2.28. The minimum atomic E-state index is -0.506. The van der Waals surface area contributed by atoms with Gasteiger partial charge in [-0.05, 0) is 43.5 Å². The number of hydrogen-bond donors (Lipinski definition) is 1. The van der Waals surface area contributed by atoms with Crippen LogP contribution in [0.15, 0.2) is 54.6 Å². The molecule has 0 fully saturated rings. The number of hydrogen-bond acceptors (Lipinski definition) is 3. The zero-order chi connectivity index (χ0) is 20.5. The van der Waals surface area contributed by atoms with Gasteiger partial charge in [0.2, 0.25) is 11.8 Å². The normalized spacial score (nSPS) is 11.8. The van der Waals surface area contributed by atoms with Crippen LogP contribution in [0.5, 0.6) is 5.75 Å². The van der Waals surface area contributed by atoms with Crippen LogP contribution < -0.4 is 10.1 Å². The molecule has 0 heterocycles. The SMILES string of the molecule is CC[C@@H](C(=O)NC(C)C)N(Cc1ccccc1)C(=O)Cc1ccc(OC)cc1. The Hall–Kier alpha value is -2.82. The van der Waals surface area contributed by atoms with Crippen molar-refractivity contribution in [2.75, 3.05) is 7.11 Å². The molecule has 5 heteroatoms. The van der Waals surface area contributed by atoms with Crippen LogP contribution in [-0.4, -0.2) is 35.9 Å². The van der Waals surface area contributed by atoms with Gasteiger partial charge in [-0.1, -0.05) is 49.4 Å². The van der Waals surface area contributed by atoms with E-state index < -0.39 is 6.04 Å². The highest BCUT2D eigenvalue weighted by atomic mass is 16.5. The molecule has 0 unspecified atom stereocenters. The molecule has 2 aromatic rings. The van der Waals surface area contributed by atoms with Crippen molar-refractivity contribution in [1.29, 1.82) is 0 Å². The fourth-order valence-electron chi connectivity index (χ4n) is 3.10. The van der Waals surface area contributed by atoms with E-state index in [0.717, 1.165) is 16.9 Å². The quantitative estimate of drug-likeness (QED) is 0.721. The summed E-state index contributed by atoms with van der Waals surface area (Å²) < 4.78 is 5.18. The van der Waals surface area contributed by atoms with E-state index in [1.165, 1.54) is 0 Å². The molecule has 5 nitrogen and oxygen atoms in total. The maximum atomic E-state index is 13.2. The average molecular weight is 383 g/mol. The molecular formula is C23H30N2O3. The first-order valence-electron chi connectivity index (χ1n) is 9.71. The van der Waals surface area contributed by atoms with Crippen LogP contribution in [-0.2, 0) is 22.6 Å². The lowest BCUT2D eigenvalue weighted by molar-refractivity contribution is -0.141. The van der Waals surface area contributed by atoms with E-state index in [4.69, 9.17) is 4.74 Å². The van der Waals surface area contributed by atoms with Crippen LogP contribution in [0, 0.1) is 0 Å². The van der Waals surface area contributed by atoms with Crippen molar-refractivity contribution in [3.63, 3.8) is 0 Å². The number of amides is 2. The van der Waals surface area contributed by atoms with Gasteiger partial charge in [0.1, 0.15) is 11.8 Å². The minimum absolute atomic E-state index is 0.0248. The van der Waals surface area contributed by atoms with Crippen LogP contribution in [0.2, 0.25) is 0 Å². The first-order valence-corrected chi connectivity index (χ1v) is 9.71. The van der Waals surface area contributed by atoms with Crippen LogP contribution >= 0.6 is 0 Å². The Morgan fingerprint density at radius 1 is 1.00 bits per heavy atom. The van der Waals surface area contributed by atoms with Crippen LogP contribution in [0.1, 0.15) is 38.3 Å². The van der Waals surface area contributed by atoms with E-state index in [2.05, 4.69) is 5.32 Å². The van der Waals surface area contributed by atoms with Crippen LogP contribution in [0.25, 0.3) is 0 Å². The fourth-order valence-corrected chi connectivity index (χ4v) is 3.10. The van der Waals surface area contributed by atoms with Gasteiger partial charge in [-0.15, -0.1) is 0 Å². The molecule has 0 saturated heterocycles. The van der Waals surface area contributed by atoms with Crippen molar-refractivity contribution in [3.05, 3.63) is 65.7 Å². The van der Waals surface area contributed by atoms with E-state index in [-0.39, 0.29) is 24.3 Å². The minimum Gasteiger partial charge on any atom is -0.497 e. The molecule has 0 spiro atoms. The predicted molar refractivity (Wildman–Crippen MR) is 111 cm³/mol. The molecule has 28 heavy (non-hydrogen) atoms. The number of carbonyl (C=O) groups is 2. The van der Waals surface area contributed by atoms with Crippen molar-refractivity contribution < 1.29 is 14.3 Å². The third-order valence-electron chi connectivity index (χ3n) is 4.53. The molecule has 2 rings (SSSR count). The lowest BCUT2D eigenvalue weighted by Gasteiger charge is -2.31. The summed E-state index contributed by atoms with van der Waals surface area (Å²) >= 11 is 0. The summed E-state index contributed by atoms with van der Waals surface area (Å²) in [6.07, 6.45) is 0.794. The lowest BCUT2D eigenvalue weighted by atomic mass is 10.1. The largest absolute Gasteiger partial charge is 0.497 e. The summed E-state index contributed by atoms with van der Waals surface area (Å²) in [7, 11) is 1.61. The van der Waals surface area contributed by atoms with Crippen LogP contribution in [0.4, 0.5) is 0 Å². The molecule has 0 aliphatic carbocycles. The number of ether oxygens (including phenoxy) is 1. The highest BCUT2D eigenvalue weighted by molar-refractivity contribution is 5.88. The van der Waals surface area contributed by atoms with E-state index >= 15 is 0 Å². The van der Waals surface area contributed by atoms with E-state index in [1.807, 2.05) is 75.4 Å². The number of nitrogens with one attached hydrogen (secondary N) is 1. The van der Waals surface area contributed by atoms with Gasteiger partial charge in [0.25, 0.3) is 0 Å². The van der Waals surface area contributed by atoms with E-state index in [9.17, 15) is 9.59 Å². The second-order valence-corrected chi connectivity index (χ2v) is 7.12. The summed E-state index contributed by atoms with van der Waals surface area (Å²) in [5.41, 5.74) is 1.89. The predicted octanol–water partition coefficient (Wildman–Crippen LogP) is 3.57. The van der Waals surface area contributed by atoms with Gasteiger partial charge in [0.15, 0.2) is 0 Å². The van der Waals surface area contributed by atoms with Gasteiger partial charge in [0, 0.05) is 12.6 Å². The highest BCUT2D eigenvalue weighted by Crippen LogP contribution is 2.16. The van der Waals surface area contributed by atoms with Gasteiger partial charge in [0.05, 0.1) is 13.5 Å². The summed E-state index contributed by atoms with van der Waals surface area (Å²) in [5, 5.41) is 2.94. The monoisotopic (exact) mass is 382 g/mol.